The van der Waals surface area contributed by atoms with E-state index in [2.05, 4.69) is 31.2 Å². The summed E-state index contributed by atoms with van der Waals surface area (Å²) in [6.45, 7) is 2.07. The maximum atomic E-state index is 11.8. The van der Waals surface area contributed by atoms with Gasteiger partial charge in [0.25, 0.3) is 0 Å². The zero-order chi connectivity index (χ0) is 11.7. The van der Waals surface area contributed by atoms with E-state index < -0.39 is 0 Å². The minimum Gasteiger partial charge on any atom is -0.275 e. The van der Waals surface area contributed by atoms with Gasteiger partial charge in [-0.1, -0.05) is 29.8 Å². The summed E-state index contributed by atoms with van der Waals surface area (Å²) < 4.78 is 0. The van der Waals surface area contributed by atoms with Gasteiger partial charge in [-0.15, -0.1) is 0 Å². The van der Waals surface area contributed by atoms with Crippen molar-refractivity contribution in [1.82, 2.24) is 5.06 Å². The zero-order valence-electron chi connectivity index (χ0n) is 9.93. The average Bonchev–Trinajstić information content (AvgIpc) is 3.08. The molecule has 0 N–H and O–H groups in total. The van der Waals surface area contributed by atoms with Crippen LogP contribution in [0.2, 0.25) is 0 Å². The van der Waals surface area contributed by atoms with Gasteiger partial charge in [-0.05, 0) is 24.8 Å². The number of amides is 1. The Labute approximate surface area is 96.0 Å². The molecule has 0 bridgehead atoms. The second-order valence-corrected chi connectivity index (χ2v) is 4.38. The Morgan fingerprint density at radius 2 is 2.00 bits per heavy atom. The van der Waals surface area contributed by atoms with Crippen molar-refractivity contribution < 1.29 is 9.63 Å². The van der Waals surface area contributed by atoms with Gasteiger partial charge >= 0.3 is 0 Å². The molecule has 1 aromatic rings. The van der Waals surface area contributed by atoms with Crippen molar-refractivity contribution in [2.75, 3.05) is 14.2 Å². The summed E-state index contributed by atoms with van der Waals surface area (Å²) in [5.41, 5.74) is 2.51. The molecule has 1 saturated carbocycles. The van der Waals surface area contributed by atoms with E-state index in [9.17, 15) is 4.79 Å². The van der Waals surface area contributed by atoms with Crippen molar-refractivity contribution in [3.63, 3.8) is 0 Å². The lowest BCUT2D eigenvalue weighted by Crippen LogP contribution is -2.27. The van der Waals surface area contributed by atoms with Gasteiger partial charge in [0.2, 0.25) is 5.91 Å². The molecule has 1 aliphatic rings. The summed E-state index contributed by atoms with van der Waals surface area (Å²) in [5, 5.41) is 1.32. The van der Waals surface area contributed by atoms with Gasteiger partial charge < -0.3 is 0 Å². The monoisotopic (exact) mass is 219 g/mol. The largest absolute Gasteiger partial charge is 0.275 e. The van der Waals surface area contributed by atoms with Crippen LogP contribution in [0.15, 0.2) is 24.3 Å². The summed E-state index contributed by atoms with van der Waals surface area (Å²) in [7, 11) is 3.17. The van der Waals surface area contributed by atoms with E-state index >= 15 is 0 Å². The quantitative estimate of drug-likeness (QED) is 0.729. The standard InChI is InChI=1S/C13H17NO2/c1-9-4-6-10(7-5-9)11-8-12(11)13(15)14(2)16-3/h4-7,11-12H,8H2,1-3H3/t11-,12+/m0/s1. The van der Waals surface area contributed by atoms with E-state index in [0.717, 1.165) is 6.42 Å². The highest BCUT2D eigenvalue weighted by molar-refractivity contribution is 5.81. The molecule has 0 unspecified atom stereocenters. The first-order chi connectivity index (χ1) is 7.63. The fourth-order valence-corrected chi connectivity index (χ4v) is 1.97. The second kappa shape index (κ2) is 4.26. The van der Waals surface area contributed by atoms with Gasteiger partial charge in [0, 0.05) is 13.0 Å². The van der Waals surface area contributed by atoms with Gasteiger partial charge in [-0.2, -0.15) is 0 Å². The highest BCUT2D eigenvalue weighted by Gasteiger charge is 2.45. The van der Waals surface area contributed by atoms with Gasteiger partial charge in [0.15, 0.2) is 0 Å². The Balaban J connectivity index is 2.01. The van der Waals surface area contributed by atoms with Crippen LogP contribution in [0.5, 0.6) is 0 Å². The fraction of sp³-hybridized carbons (Fsp3) is 0.462. The van der Waals surface area contributed by atoms with Gasteiger partial charge in [-0.25, -0.2) is 5.06 Å². The topological polar surface area (TPSA) is 29.5 Å². The minimum atomic E-state index is 0.0769. The van der Waals surface area contributed by atoms with Crippen molar-refractivity contribution in [2.45, 2.75) is 19.3 Å². The number of benzene rings is 1. The molecule has 1 aromatic carbocycles. The van der Waals surface area contributed by atoms with Gasteiger partial charge in [0.1, 0.15) is 0 Å². The molecular formula is C13H17NO2. The summed E-state index contributed by atoms with van der Waals surface area (Å²) in [6, 6.07) is 8.41. The summed E-state index contributed by atoms with van der Waals surface area (Å²) >= 11 is 0. The van der Waals surface area contributed by atoms with Crippen LogP contribution in [-0.2, 0) is 9.63 Å². The number of rotatable bonds is 3. The van der Waals surface area contributed by atoms with Crippen LogP contribution in [0.25, 0.3) is 0 Å². The Hall–Kier alpha value is -1.35. The van der Waals surface area contributed by atoms with E-state index in [4.69, 9.17) is 4.84 Å². The molecule has 1 aliphatic carbocycles. The van der Waals surface area contributed by atoms with E-state index in [-0.39, 0.29) is 11.8 Å². The Kier molecular flexibility index (Phi) is 2.97. The van der Waals surface area contributed by atoms with Crippen LogP contribution < -0.4 is 0 Å². The molecule has 0 heterocycles. The first-order valence-corrected chi connectivity index (χ1v) is 5.51. The van der Waals surface area contributed by atoms with Crippen LogP contribution in [-0.4, -0.2) is 25.1 Å². The van der Waals surface area contributed by atoms with Crippen molar-refractivity contribution in [3.05, 3.63) is 35.4 Å². The molecule has 1 fully saturated rings. The smallest absolute Gasteiger partial charge is 0.249 e. The summed E-state index contributed by atoms with van der Waals surface area (Å²) in [5.74, 6) is 0.562. The van der Waals surface area contributed by atoms with Crippen LogP contribution in [0.3, 0.4) is 0 Å². The number of hydrogen-bond acceptors (Lipinski definition) is 2. The maximum absolute atomic E-state index is 11.8. The first-order valence-electron chi connectivity index (χ1n) is 5.51. The third-order valence-electron chi connectivity index (χ3n) is 3.20. The molecule has 3 heteroatoms. The number of carbonyl (C=O) groups excluding carboxylic acids is 1. The Bertz CT molecular complexity index is 385. The number of hydrogen-bond donors (Lipinski definition) is 0. The predicted molar refractivity (Wildman–Crippen MR) is 61.8 cm³/mol. The first kappa shape index (κ1) is 11.1. The Morgan fingerprint density at radius 3 is 2.56 bits per heavy atom. The number of nitrogens with zero attached hydrogens (tertiary/aromatic N) is 1. The van der Waals surface area contributed by atoms with E-state index in [1.807, 2.05) is 0 Å². The molecule has 16 heavy (non-hydrogen) atoms. The zero-order valence-corrected chi connectivity index (χ0v) is 9.93. The molecule has 0 aromatic heterocycles. The van der Waals surface area contributed by atoms with Crippen molar-refractivity contribution in [2.24, 2.45) is 5.92 Å². The fourth-order valence-electron chi connectivity index (χ4n) is 1.97. The van der Waals surface area contributed by atoms with Crippen LogP contribution >= 0.6 is 0 Å². The lowest BCUT2D eigenvalue weighted by Gasteiger charge is -2.13. The molecule has 1 amide bonds. The molecule has 2 atom stereocenters. The molecule has 0 saturated heterocycles. The predicted octanol–water partition coefficient (Wildman–Crippen LogP) is 2.12. The minimum absolute atomic E-state index is 0.0769. The van der Waals surface area contributed by atoms with Crippen molar-refractivity contribution in [1.29, 1.82) is 0 Å². The third-order valence-corrected chi connectivity index (χ3v) is 3.20. The Morgan fingerprint density at radius 1 is 1.38 bits per heavy atom. The van der Waals surface area contributed by atoms with Gasteiger partial charge in [0.05, 0.1) is 7.11 Å². The highest BCUT2D eigenvalue weighted by Crippen LogP contribution is 2.48. The molecule has 86 valence electrons. The molecule has 3 nitrogen and oxygen atoms in total. The highest BCUT2D eigenvalue weighted by atomic mass is 16.7. The van der Waals surface area contributed by atoms with E-state index in [1.54, 1.807) is 7.05 Å². The lowest BCUT2D eigenvalue weighted by molar-refractivity contribution is -0.170. The number of hydroxylamine groups is 2. The second-order valence-electron chi connectivity index (χ2n) is 4.38. The third kappa shape index (κ3) is 2.09. The van der Waals surface area contributed by atoms with E-state index in [1.165, 1.54) is 23.3 Å². The number of aryl methyl sites for hydroxylation is 1. The van der Waals surface area contributed by atoms with Crippen molar-refractivity contribution >= 4 is 5.91 Å². The molecule has 2 rings (SSSR count). The number of carbonyl (C=O) groups is 1. The average molecular weight is 219 g/mol. The van der Waals surface area contributed by atoms with Crippen LogP contribution in [0.1, 0.15) is 23.5 Å². The van der Waals surface area contributed by atoms with E-state index in [0.29, 0.717) is 5.92 Å². The normalized spacial score (nSPS) is 22.9. The summed E-state index contributed by atoms with van der Waals surface area (Å²) in [4.78, 5) is 16.7. The molecule has 0 spiro atoms. The molecular weight excluding hydrogens is 202 g/mol. The molecule has 0 radical (unpaired) electrons. The van der Waals surface area contributed by atoms with Gasteiger partial charge in [-0.3, -0.25) is 9.63 Å². The van der Waals surface area contributed by atoms with Crippen LogP contribution in [0.4, 0.5) is 0 Å². The molecule has 0 aliphatic heterocycles. The van der Waals surface area contributed by atoms with Crippen LogP contribution in [0, 0.1) is 12.8 Å². The summed E-state index contributed by atoms with van der Waals surface area (Å²) in [6.07, 6.45) is 0.940. The maximum Gasteiger partial charge on any atom is 0.249 e. The lowest BCUT2D eigenvalue weighted by atomic mass is 10.1. The SMILES string of the molecule is CON(C)C(=O)[C@@H]1C[C@H]1c1ccc(C)cc1. The van der Waals surface area contributed by atoms with Crippen molar-refractivity contribution in [3.8, 4) is 0 Å².